The average Bonchev–Trinajstić information content (AvgIpc) is 2.99. The number of amides is 1. The number of ether oxygens (including phenoxy) is 3. The number of hydrogen-bond acceptors (Lipinski definition) is 5. The highest BCUT2D eigenvalue weighted by Crippen LogP contribution is 2.35. The van der Waals surface area contributed by atoms with E-state index in [0.29, 0.717) is 30.8 Å². The van der Waals surface area contributed by atoms with Crippen LogP contribution >= 0.6 is 0 Å². The smallest absolute Gasteiger partial charge is 0.410 e. The molecule has 1 aromatic heterocycles. The SMILES string of the molecule is CC(C)(C)OC(=O)N1CCCOCC1c1c(C(=O)OCc2ccccc2)[nH]c2ccccc12. The molecule has 2 aromatic carbocycles. The molecule has 1 aliphatic rings. The summed E-state index contributed by atoms with van der Waals surface area (Å²) in [6.45, 7) is 6.94. The number of carbonyl (C=O) groups is 2. The van der Waals surface area contributed by atoms with Gasteiger partial charge >= 0.3 is 12.1 Å². The van der Waals surface area contributed by atoms with Gasteiger partial charge in [-0.1, -0.05) is 48.5 Å². The molecule has 4 rings (SSSR count). The highest BCUT2D eigenvalue weighted by atomic mass is 16.6. The fraction of sp³-hybridized carbons (Fsp3) is 0.385. The third-order valence-corrected chi connectivity index (χ3v) is 5.46. The molecule has 7 nitrogen and oxygen atoms in total. The predicted molar refractivity (Wildman–Crippen MR) is 125 cm³/mol. The minimum atomic E-state index is -0.632. The summed E-state index contributed by atoms with van der Waals surface area (Å²) in [5, 5.41) is 0.855. The zero-order valence-electron chi connectivity index (χ0n) is 19.3. The molecule has 2 heterocycles. The lowest BCUT2D eigenvalue weighted by Crippen LogP contribution is -2.40. The van der Waals surface area contributed by atoms with Crippen molar-refractivity contribution in [1.29, 1.82) is 0 Å². The third-order valence-electron chi connectivity index (χ3n) is 5.46. The van der Waals surface area contributed by atoms with Crippen LogP contribution in [0.15, 0.2) is 54.6 Å². The molecule has 0 radical (unpaired) electrons. The number of aromatic nitrogens is 1. The van der Waals surface area contributed by atoms with Gasteiger partial charge < -0.3 is 19.2 Å². The fourth-order valence-corrected chi connectivity index (χ4v) is 4.02. The molecule has 1 N–H and O–H groups in total. The first-order chi connectivity index (χ1) is 15.8. The molecule has 3 aromatic rings. The maximum Gasteiger partial charge on any atom is 0.410 e. The molecule has 7 heteroatoms. The second-order valence-electron chi connectivity index (χ2n) is 9.14. The fourth-order valence-electron chi connectivity index (χ4n) is 4.02. The van der Waals surface area contributed by atoms with E-state index in [1.165, 1.54) is 0 Å². The first kappa shape index (κ1) is 22.9. The van der Waals surface area contributed by atoms with Crippen LogP contribution in [0.1, 0.15) is 54.8 Å². The Kier molecular flexibility index (Phi) is 6.70. The van der Waals surface area contributed by atoms with E-state index in [0.717, 1.165) is 16.5 Å². The Morgan fingerprint density at radius 3 is 2.58 bits per heavy atom. The standard InChI is InChI=1S/C26H30N2O5/c1-26(2,3)33-25(30)28-14-9-15-31-17-21(28)22-19-12-7-8-13-20(19)27-23(22)24(29)32-16-18-10-5-4-6-11-18/h4-8,10-13,21,27H,9,14-17H2,1-3H3. The highest BCUT2D eigenvalue weighted by molar-refractivity contribution is 5.99. The van der Waals surface area contributed by atoms with Crippen molar-refractivity contribution in [2.24, 2.45) is 0 Å². The van der Waals surface area contributed by atoms with E-state index in [4.69, 9.17) is 14.2 Å². The van der Waals surface area contributed by atoms with Crippen molar-refractivity contribution in [3.8, 4) is 0 Å². The number of benzene rings is 2. The van der Waals surface area contributed by atoms with Crippen LogP contribution in [0.4, 0.5) is 4.79 Å². The van der Waals surface area contributed by atoms with Gasteiger partial charge in [0.25, 0.3) is 0 Å². The van der Waals surface area contributed by atoms with Crippen molar-refractivity contribution in [3.05, 3.63) is 71.4 Å². The summed E-state index contributed by atoms with van der Waals surface area (Å²) in [7, 11) is 0. The Morgan fingerprint density at radius 1 is 1.09 bits per heavy atom. The van der Waals surface area contributed by atoms with Crippen molar-refractivity contribution in [1.82, 2.24) is 9.88 Å². The van der Waals surface area contributed by atoms with Gasteiger partial charge in [0.2, 0.25) is 0 Å². The normalized spacial score (nSPS) is 16.9. The summed E-state index contributed by atoms with van der Waals surface area (Å²) in [6, 6.07) is 16.7. The molecule has 33 heavy (non-hydrogen) atoms. The molecular formula is C26H30N2O5. The number of carbonyl (C=O) groups excluding carboxylic acids is 2. The number of nitrogens with one attached hydrogen (secondary N) is 1. The molecule has 0 aliphatic carbocycles. The number of esters is 1. The molecule has 1 unspecified atom stereocenters. The summed E-state index contributed by atoms with van der Waals surface area (Å²) >= 11 is 0. The van der Waals surface area contributed by atoms with Gasteiger partial charge in [-0.25, -0.2) is 9.59 Å². The van der Waals surface area contributed by atoms with Crippen LogP contribution < -0.4 is 0 Å². The lowest BCUT2D eigenvalue weighted by molar-refractivity contribution is 0.0115. The summed E-state index contributed by atoms with van der Waals surface area (Å²) in [5.41, 5.74) is 2.09. The molecule has 0 bridgehead atoms. The molecule has 1 fully saturated rings. The molecule has 1 amide bonds. The van der Waals surface area contributed by atoms with Crippen molar-refractivity contribution in [3.63, 3.8) is 0 Å². The monoisotopic (exact) mass is 450 g/mol. The molecule has 1 atom stereocenters. The number of para-hydroxylation sites is 1. The maximum atomic E-state index is 13.2. The molecule has 0 spiro atoms. The molecule has 0 saturated carbocycles. The Balaban J connectivity index is 1.71. The van der Waals surface area contributed by atoms with Crippen LogP contribution in [-0.2, 0) is 20.8 Å². The quantitative estimate of drug-likeness (QED) is 0.551. The Bertz CT molecular complexity index is 1120. The Morgan fingerprint density at radius 2 is 1.82 bits per heavy atom. The molecule has 1 saturated heterocycles. The number of hydrogen-bond donors (Lipinski definition) is 1. The number of fused-ring (bicyclic) bond motifs is 1. The van der Waals surface area contributed by atoms with Crippen LogP contribution in [-0.4, -0.2) is 47.3 Å². The van der Waals surface area contributed by atoms with Gasteiger partial charge in [-0.05, 0) is 38.8 Å². The van der Waals surface area contributed by atoms with E-state index in [-0.39, 0.29) is 13.2 Å². The van der Waals surface area contributed by atoms with E-state index in [9.17, 15) is 9.59 Å². The van der Waals surface area contributed by atoms with E-state index >= 15 is 0 Å². The van der Waals surface area contributed by atoms with E-state index in [2.05, 4.69) is 4.98 Å². The lowest BCUT2D eigenvalue weighted by Gasteiger charge is -2.32. The van der Waals surface area contributed by atoms with Gasteiger partial charge in [0, 0.05) is 29.6 Å². The van der Waals surface area contributed by atoms with Crippen LogP contribution in [0.3, 0.4) is 0 Å². The second-order valence-corrected chi connectivity index (χ2v) is 9.14. The average molecular weight is 451 g/mol. The number of nitrogens with zero attached hydrogens (tertiary/aromatic N) is 1. The van der Waals surface area contributed by atoms with Gasteiger partial charge in [-0.3, -0.25) is 4.90 Å². The van der Waals surface area contributed by atoms with E-state index < -0.39 is 23.7 Å². The van der Waals surface area contributed by atoms with Crippen LogP contribution in [0, 0.1) is 0 Å². The van der Waals surface area contributed by atoms with Crippen molar-refractivity contribution >= 4 is 23.0 Å². The van der Waals surface area contributed by atoms with Gasteiger partial charge in [-0.2, -0.15) is 0 Å². The van der Waals surface area contributed by atoms with Crippen molar-refractivity contribution in [2.75, 3.05) is 19.8 Å². The lowest BCUT2D eigenvalue weighted by atomic mass is 10.0. The van der Waals surface area contributed by atoms with Crippen LogP contribution in [0.25, 0.3) is 10.9 Å². The Hall–Kier alpha value is -3.32. The summed E-state index contributed by atoms with van der Waals surface area (Å²) < 4.78 is 17.2. The Labute approximate surface area is 193 Å². The largest absolute Gasteiger partial charge is 0.456 e. The topological polar surface area (TPSA) is 80.9 Å². The molecule has 1 aliphatic heterocycles. The summed E-state index contributed by atoms with van der Waals surface area (Å²) in [6.07, 6.45) is 0.262. The van der Waals surface area contributed by atoms with Gasteiger partial charge in [0.05, 0.1) is 12.6 Å². The highest BCUT2D eigenvalue weighted by Gasteiger charge is 2.35. The first-order valence-electron chi connectivity index (χ1n) is 11.2. The number of rotatable bonds is 4. The second kappa shape index (κ2) is 9.67. The van der Waals surface area contributed by atoms with Gasteiger partial charge in [0.15, 0.2) is 0 Å². The zero-order valence-corrected chi connectivity index (χ0v) is 19.3. The van der Waals surface area contributed by atoms with E-state index in [1.807, 2.05) is 75.4 Å². The minimum Gasteiger partial charge on any atom is -0.456 e. The number of H-pyrrole nitrogens is 1. The molecule has 174 valence electrons. The maximum absolute atomic E-state index is 13.2. The summed E-state index contributed by atoms with van der Waals surface area (Å²) in [4.78, 5) is 31.2. The third kappa shape index (κ3) is 5.37. The van der Waals surface area contributed by atoms with Crippen LogP contribution in [0.5, 0.6) is 0 Å². The molecular weight excluding hydrogens is 420 g/mol. The predicted octanol–water partition coefficient (Wildman–Crippen LogP) is 5.22. The van der Waals surface area contributed by atoms with Gasteiger partial charge in [-0.15, -0.1) is 0 Å². The zero-order chi connectivity index (χ0) is 23.4. The summed E-state index contributed by atoms with van der Waals surface area (Å²) in [5.74, 6) is -0.474. The van der Waals surface area contributed by atoms with E-state index in [1.54, 1.807) is 4.90 Å². The van der Waals surface area contributed by atoms with Crippen molar-refractivity contribution < 1.29 is 23.8 Å². The van der Waals surface area contributed by atoms with Crippen LogP contribution in [0.2, 0.25) is 0 Å². The van der Waals surface area contributed by atoms with Gasteiger partial charge in [0.1, 0.15) is 17.9 Å². The minimum absolute atomic E-state index is 0.158. The first-order valence-corrected chi connectivity index (χ1v) is 11.2. The van der Waals surface area contributed by atoms with Crippen molar-refractivity contribution in [2.45, 2.75) is 45.4 Å². The number of aromatic amines is 1.